The van der Waals surface area contributed by atoms with Crippen molar-refractivity contribution in [3.8, 4) is 0 Å². The third-order valence-corrected chi connectivity index (χ3v) is 3.76. The fraction of sp³-hybridized carbons (Fsp3) is 0.353. The molecule has 1 unspecified atom stereocenters. The maximum Gasteiger partial charge on any atom is 0.126 e. The van der Waals surface area contributed by atoms with Crippen LogP contribution in [0.25, 0.3) is 0 Å². The maximum absolute atomic E-state index is 14.0. The number of benzene rings is 1. The number of hydrogen-bond acceptors (Lipinski definition) is 2. The van der Waals surface area contributed by atoms with Crippen molar-refractivity contribution in [2.45, 2.75) is 32.7 Å². The minimum atomic E-state index is -0.218. The van der Waals surface area contributed by atoms with E-state index in [1.165, 1.54) is 6.07 Å². The lowest BCUT2D eigenvalue weighted by molar-refractivity contribution is 0.510. The molecule has 0 radical (unpaired) electrons. The summed E-state index contributed by atoms with van der Waals surface area (Å²) in [4.78, 5) is 4.20. The van der Waals surface area contributed by atoms with Crippen molar-refractivity contribution < 1.29 is 4.39 Å². The number of pyridine rings is 1. The molecule has 0 spiro atoms. The summed E-state index contributed by atoms with van der Waals surface area (Å²) in [5.74, 6) is -0.218. The van der Waals surface area contributed by atoms with Crippen LogP contribution in [0.1, 0.15) is 36.1 Å². The highest BCUT2D eigenvalue weighted by Gasteiger charge is 2.16. The Kier molecular flexibility index (Phi) is 5.71. The van der Waals surface area contributed by atoms with Crippen molar-refractivity contribution in [3.05, 3.63) is 64.2 Å². The lowest BCUT2D eigenvalue weighted by Crippen LogP contribution is -2.25. The Morgan fingerprint density at radius 2 is 2.14 bits per heavy atom. The van der Waals surface area contributed by atoms with E-state index in [0.717, 1.165) is 24.1 Å². The molecule has 4 heteroatoms. The zero-order valence-corrected chi connectivity index (χ0v) is 13.1. The number of hydrogen-bond donors (Lipinski definition) is 1. The molecule has 0 bridgehead atoms. The van der Waals surface area contributed by atoms with Crippen LogP contribution in [0.4, 0.5) is 4.39 Å². The predicted molar refractivity (Wildman–Crippen MR) is 85.1 cm³/mol. The van der Waals surface area contributed by atoms with Crippen LogP contribution >= 0.6 is 11.6 Å². The van der Waals surface area contributed by atoms with Gasteiger partial charge in [-0.3, -0.25) is 4.98 Å². The average Bonchev–Trinajstić information content (AvgIpc) is 2.48. The van der Waals surface area contributed by atoms with E-state index >= 15 is 0 Å². The molecule has 0 saturated carbocycles. The van der Waals surface area contributed by atoms with Crippen LogP contribution in [0, 0.1) is 12.7 Å². The molecule has 0 aliphatic carbocycles. The van der Waals surface area contributed by atoms with Crippen molar-refractivity contribution >= 4 is 11.6 Å². The van der Waals surface area contributed by atoms with Crippen molar-refractivity contribution in [1.29, 1.82) is 0 Å². The van der Waals surface area contributed by atoms with Gasteiger partial charge >= 0.3 is 0 Å². The molecule has 1 aromatic heterocycles. The summed E-state index contributed by atoms with van der Waals surface area (Å²) < 4.78 is 14.0. The number of halogens is 2. The summed E-state index contributed by atoms with van der Waals surface area (Å²) in [5.41, 5.74) is 2.88. The molecule has 0 aliphatic rings. The Bertz CT molecular complexity index is 601. The van der Waals surface area contributed by atoms with E-state index in [-0.39, 0.29) is 11.9 Å². The molecule has 1 atom stereocenters. The molecule has 21 heavy (non-hydrogen) atoms. The second-order valence-electron chi connectivity index (χ2n) is 5.18. The number of aryl methyl sites for hydroxylation is 1. The normalized spacial score (nSPS) is 12.4. The zero-order valence-electron chi connectivity index (χ0n) is 12.4. The van der Waals surface area contributed by atoms with Crippen molar-refractivity contribution in [1.82, 2.24) is 10.3 Å². The quantitative estimate of drug-likeness (QED) is 0.852. The molecule has 0 fully saturated rings. The minimum absolute atomic E-state index is 0.0339. The van der Waals surface area contributed by atoms with Gasteiger partial charge in [0.2, 0.25) is 0 Å². The number of rotatable bonds is 6. The van der Waals surface area contributed by atoms with E-state index in [1.54, 1.807) is 18.3 Å². The van der Waals surface area contributed by atoms with Crippen molar-refractivity contribution in [3.63, 3.8) is 0 Å². The van der Waals surface area contributed by atoms with Gasteiger partial charge in [-0.2, -0.15) is 0 Å². The summed E-state index contributed by atoms with van der Waals surface area (Å²) in [5, 5.41) is 4.03. The van der Waals surface area contributed by atoms with Gasteiger partial charge in [-0.1, -0.05) is 18.5 Å². The minimum Gasteiger partial charge on any atom is -0.310 e. The van der Waals surface area contributed by atoms with Gasteiger partial charge in [-0.05, 0) is 67.3 Å². The first kappa shape index (κ1) is 15.9. The number of nitrogens with zero attached hydrogens (tertiary/aromatic N) is 1. The van der Waals surface area contributed by atoms with Gasteiger partial charge in [-0.15, -0.1) is 0 Å². The van der Waals surface area contributed by atoms with Gasteiger partial charge in [0.1, 0.15) is 5.82 Å². The van der Waals surface area contributed by atoms with Gasteiger partial charge in [0.25, 0.3) is 0 Å². The van der Waals surface area contributed by atoms with Gasteiger partial charge in [0, 0.05) is 23.5 Å². The third-order valence-electron chi connectivity index (χ3n) is 3.53. The molecule has 1 aromatic carbocycles. The number of nitrogens with one attached hydrogen (secondary N) is 1. The monoisotopic (exact) mass is 306 g/mol. The highest BCUT2D eigenvalue weighted by molar-refractivity contribution is 6.30. The lowest BCUT2D eigenvalue weighted by Gasteiger charge is -2.21. The van der Waals surface area contributed by atoms with E-state index in [9.17, 15) is 4.39 Å². The summed E-state index contributed by atoms with van der Waals surface area (Å²) in [7, 11) is 0. The zero-order chi connectivity index (χ0) is 15.2. The SMILES string of the molecule is CCCNC(Cc1cc(Cl)ccc1F)c1cnccc1C. The molecule has 0 saturated heterocycles. The van der Waals surface area contributed by atoms with Crippen molar-refractivity contribution in [2.75, 3.05) is 6.54 Å². The molecule has 2 nitrogen and oxygen atoms in total. The van der Waals surface area contributed by atoms with Gasteiger partial charge in [0.05, 0.1) is 0 Å². The summed E-state index contributed by atoms with van der Waals surface area (Å²) >= 11 is 5.98. The van der Waals surface area contributed by atoms with Gasteiger partial charge in [-0.25, -0.2) is 4.39 Å². The van der Waals surface area contributed by atoms with Crippen LogP contribution in [0.2, 0.25) is 5.02 Å². The Hall–Kier alpha value is -1.45. The fourth-order valence-electron chi connectivity index (χ4n) is 2.37. The van der Waals surface area contributed by atoms with Crippen molar-refractivity contribution in [2.24, 2.45) is 0 Å². The molecule has 0 amide bonds. The molecule has 112 valence electrons. The topological polar surface area (TPSA) is 24.9 Å². The second kappa shape index (κ2) is 7.53. The average molecular weight is 307 g/mol. The molecule has 2 aromatic rings. The van der Waals surface area contributed by atoms with Crippen LogP contribution < -0.4 is 5.32 Å². The Labute approximate surface area is 130 Å². The first-order valence-electron chi connectivity index (χ1n) is 7.19. The van der Waals surface area contributed by atoms with Gasteiger partial charge in [0.15, 0.2) is 0 Å². The summed E-state index contributed by atoms with van der Waals surface area (Å²) in [6.07, 6.45) is 5.20. The Balaban J connectivity index is 2.28. The molecule has 2 rings (SSSR count). The maximum atomic E-state index is 14.0. The second-order valence-corrected chi connectivity index (χ2v) is 5.62. The van der Waals surface area contributed by atoms with Gasteiger partial charge < -0.3 is 5.32 Å². The molecule has 0 aliphatic heterocycles. The Morgan fingerprint density at radius 3 is 2.86 bits per heavy atom. The van der Waals surface area contributed by atoms with E-state index in [0.29, 0.717) is 17.0 Å². The standard InChI is InChI=1S/C17H20ClFN2/c1-3-7-21-17(15-11-20-8-6-12(15)2)10-13-9-14(18)4-5-16(13)19/h4-6,8-9,11,17,21H,3,7,10H2,1-2H3. The van der Waals surface area contributed by atoms with Crippen LogP contribution in [-0.2, 0) is 6.42 Å². The first-order chi connectivity index (χ1) is 10.1. The predicted octanol–water partition coefficient (Wildman–Crippen LogP) is 4.47. The van der Waals surface area contributed by atoms with Crippen LogP contribution in [0.3, 0.4) is 0 Å². The summed E-state index contributed by atoms with van der Waals surface area (Å²) in [6.45, 7) is 5.04. The van der Waals surface area contributed by atoms with E-state index in [1.807, 2.05) is 19.2 Å². The highest BCUT2D eigenvalue weighted by atomic mass is 35.5. The van der Waals surface area contributed by atoms with E-state index in [2.05, 4.69) is 17.2 Å². The third kappa shape index (κ3) is 4.26. The molecule has 1 heterocycles. The number of aromatic nitrogens is 1. The fourth-order valence-corrected chi connectivity index (χ4v) is 2.57. The van der Waals surface area contributed by atoms with Crippen LogP contribution in [0.5, 0.6) is 0 Å². The largest absolute Gasteiger partial charge is 0.310 e. The first-order valence-corrected chi connectivity index (χ1v) is 7.57. The smallest absolute Gasteiger partial charge is 0.126 e. The molecular formula is C17H20ClFN2. The molecule has 1 N–H and O–H groups in total. The Morgan fingerprint density at radius 1 is 1.33 bits per heavy atom. The molecular weight excluding hydrogens is 287 g/mol. The summed E-state index contributed by atoms with van der Waals surface area (Å²) in [6, 6.07) is 6.70. The van der Waals surface area contributed by atoms with E-state index < -0.39 is 0 Å². The lowest BCUT2D eigenvalue weighted by atomic mass is 9.96. The van der Waals surface area contributed by atoms with E-state index in [4.69, 9.17) is 11.6 Å². The van der Waals surface area contributed by atoms with Crippen LogP contribution in [-0.4, -0.2) is 11.5 Å². The van der Waals surface area contributed by atoms with Crippen LogP contribution in [0.15, 0.2) is 36.7 Å². The highest BCUT2D eigenvalue weighted by Crippen LogP contribution is 2.24.